The number of aliphatic hydroxyl groups excluding tert-OH is 1. The second-order valence-electron chi connectivity index (χ2n) is 18.8. The smallest absolute Gasteiger partial charge is 0.237 e. The van der Waals surface area contributed by atoms with Gasteiger partial charge in [-0.05, 0) is 111 Å². The summed E-state index contributed by atoms with van der Waals surface area (Å²) in [7, 11) is 0. The van der Waals surface area contributed by atoms with Gasteiger partial charge in [-0.1, -0.05) is 98.1 Å². The number of aliphatic hydroxyl groups is 1. The van der Waals surface area contributed by atoms with Crippen molar-refractivity contribution in [3.8, 4) is 11.1 Å². The number of ether oxygens (including phenoxy) is 2. The Morgan fingerprint density at radius 2 is 1.49 bits per heavy atom. The maximum Gasteiger partial charge on any atom is 0.237 e. The molecule has 0 spiro atoms. The van der Waals surface area contributed by atoms with E-state index in [1.165, 1.54) is 19.3 Å². The van der Waals surface area contributed by atoms with Gasteiger partial charge in [0.2, 0.25) is 17.7 Å². The van der Waals surface area contributed by atoms with E-state index in [-0.39, 0.29) is 48.1 Å². The number of nitrogen functional groups attached to an aromatic ring is 1. The highest BCUT2D eigenvalue weighted by molar-refractivity contribution is 5.93. The van der Waals surface area contributed by atoms with Crippen LogP contribution in [-0.2, 0) is 37.0 Å². The first kappa shape index (κ1) is 45.9. The Hall–Kier alpha value is -5.07. The van der Waals surface area contributed by atoms with Gasteiger partial charge in [-0.3, -0.25) is 19.3 Å². The fraction of sp³-hybridized carbons (Fsp3) is 0.481. The Kier molecular flexibility index (Phi) is 15.7. The number of fused-ring (bicyclic) bond motifs is 1. The third-order valence-corrected chi connectivity index (χ3v) is 12.8. The van der Waals surface area contributed by atoms with Gasteiger partial charge < -0.3 is 36.3 Å². The third-order valence-electron chi connectivity index (χ3n) is 12.8. The number of likely N-dealkylation sites (tertiary alicyclic amines) is 1. The molecule has 2 saturated heterocycles. The first-order valence-corrected chi connectivity index (χ1v) is 23.1. The van der Waals surface area contributed by atoms with Crippen molar-refractivity contribution in [2.24, 2.45) is 5.92 Å². The van der Waals surface area contributed by atoms with E-state index in [1.54, 1.807) is 12.1 Å². The average molecular weight is 858 g/mol. The molecule has 0 bridgehead atoms. The van der Waals surface area contributed by atoms with E-state index in [0.29, 0.717) is 68.5 Å². The molecule has 6 N–H and O–H groups in total. The molecular weight excluding hydrogens is 791 g/mol. The fourth-order valence-corrected chi connectivity index (χ4v) is 9.55. The summed E-state index contributed by atoms with van der Waals surface area (Å²) in [6, 6.07) is 31.9. The van der Waals surface area contributed by atoms with Crippen molar-refractivity contribution in [2.45, 2.75) is 147 Å². The second-order valence-corrected chi connectivity index (χ2v) is 18.8. The van der Waals surface area contributed by atoms with Gasteiger partial charge in [0.05, 0.1) is 36.2 Å². The summed E-state index contributed by atoms with van der Waals surface area (Å²) in [4.78, 5) is 41.4. The lowest BCUT2D eigenvalue weighted by molar-refractivity contribution is -0.255. The average Bonchev–Trinajstić information content (AvgIpc) is 3.28. The molecule has 0 aromatic heterocycles. The van der Waals surface area contributed by atoms with Gasteiger partial charge in [0, 0.05) is 49.5 Å². The number of unbranched alkanes of at least 4 members (excludes halogenated alkanes) is 2. The van der Waals surface area contributed by atoms with Gasteiger partial charge in [-0.15, -0.1) is 0 Å². The zero-order valence-corrected chi connectivity index (χ0v) is 37.3. The molecule has 63 heavy (non-hydrogen) atoms. The van der Waals surface area contributed by atoms with Crippen LogP contribution in [0.25, 0.3) is 11.1 Å². The molecule has 1 saturated carbocycles. The summed E-state index contributed by atoms with van der Waals surface area (Å²) in [5, 5.41) is 18.9. The fourth-order valence-electron chi connectivity index (χ4n) is 9.55. The predicted octanol–water partition coefficient (Wildman–Crippen LogP) is 9.12. The predicted molar refractivity (Wildman–Crippen MR) is 248 cm³/mol. The van der Waals surface area contributed by atoms with Crippen LogP contribution in [-0.4, -0.2) is 58.0 Å². The topological polar surface area (TPSA) is 155 Å². The zero-order chi connectivity index (χ0) is 44.3. The normalized spacial score (nSPS) is 22.7. The van der Waals surface area contributed by atoms with Gasteiger partial charge in [0.25, 0.3) is 0 Å². The number of para-hydroxylation sites is 2. The van der Waals surface area contributed by atoms with Crippen molar-refractivity contribution in [3.05, 3.63) is 119 Å². The molecule has 3 amide bonds. The highest BCUT2D eigenvalue weighted by Crippen LogP contribution is 2.42. The standard InChI is InChI=1S/C52H67N5O6/c1-52(2,3)56-50(61)46-29-28-38-13-7-10-17-45(38)57(46)33-42-31-47(39-22-20-35(34-58)21-23-39)63-51(62-42)40-26-24-37(25-27-40)41-14-11-12-36(30-41)32-54-48(59)18-5-4-6-19-49(60)55-44-16-9-8-15-43(44)53/h8-9,11-12,14-16,20-27,30,38,42,45-47,51,58H,4-7,10,13,17-19,28-29,31-34,53H2,1-3H3,(H,54,59)(H,55,60)(H,56,61). The van der Waals surface area contributed by atoms with Gasteiger partial charge >= 0.3 is 0 Å². The summed E-state index contributed by atoms with van der Waals surface area (Å²) in [5.41, 5.74) is 12.7. The molecule has 6 atom stereocenters. The number of carbonyl (C=O) groups is 3. The van der Waals surface area contributed by atoms with Crippen molar-refractivity contribution in [3.63, 3.8) is 0 Å². The molecular formula is C52H67N5O6. The lowest BCUT2D eigenvalue weighted by Gasteiger charge is -2.50. The molecule has 336 valence electrons. The number of rotatable bonds is 16. The number of amides is 3. The quantitative estimate of drug-likeness (QED) is 0.0552. The van der Waals surface area contributed by atoms with Crippen molar-refractivity contribution < 1.29 is 29.0 Å². The van der Waals surface area contributed by atoms with Gasteiger partial charge in [-0.25, -0.2) is 0 Å². The van der Waals surface area contributed by atoms with Crippen LogP contribution in [0, 0.1) is 5.92 Å². The van der Waals surface area contributed by atoms with Crippen LogP contribution < -0.4 is 21.7 Å². The van der Waals surface area contributed by atoms with E-state index in [2.05, 4.69) is 57.2 Å². The molecule has 6 unspecified atom stereocenters. The Morgan fingerprint density at radius 1 is 0.762 bits per heavy atom. The zero-order valence-electron chi connectivity index (χ0n) is 37.3. The highest BCUT2D eigenvalue weighted by Gasteiger charge is 2.44. The number of nitrogens with zero attached hydrogens (tertiary/aromatic N) is 1. The van der Waals surface area contributed by atoms with Crippen LogP contribution in [0.3, 0.4) is 0 Å². The van der Waals surface area contributed by atoms with Crippen molar-refractivity contribution in [1.29, 1.82) is 0 Å². The molecule has 2 aliphatic heterocycles. The highest BCUT2D eigenvalue weighted by atomic mass is 16.7. The van der Waals surface area contributed by atoms with Crippen LogP contribution >= 0.6 is 0 Å². The largest absolute Gasteiger partial charge is 0.397 e. The number of anilines is 2. The number of carbonyl (C=O) groups excluding carboxylic acids is 3. The molecule has 2 heterocycles. The minimum atomic E-state index is -0.610. The second kappa shape index (κ2) is 21.5. The van der Waals surface area contributed by atoms with Crippen LogP contribution in [0.1, 0.15) is 132 Å². The van der Waals surface area contributed by atoms with Crippen LogP contribution in [0.5, 0.6) is 0 Å². The summed E-state index contributed by atoms with van der Waals surface area (Å²) in [6.45, 7) is 7.20. The Balaban J connectivity index is 0.972. The van der Waals surface area contributed by atoms with E-state index in [4.69, 9.17) is 15.2 Å². The summed E-state index contributed by atoms with van der Waals surface area (Å²) < 4.78 is 13.6. The van der Waals surface area contributed by atoms with Crippen molar-refractivity contribution >= 4 is 29.1 Å². The monoisotopic (exact) mass is 858 g/mol. The number of piperidine rings is 1. The number of nitrogens with one attached hydrogen (secondary N) is 3. The Bertz CT molecular complexity index is 2140. The first-order valence-electron chi connectivity index (χ1n) is 23.1. The van der Waals surface area contributed by atoms with E-state index in [9.17, 15) is 19.5 Å². The van der Waals surface area contributed by atoms with Gasteiger partial charge in [-0.2, -0.15) is 0 Å². The molecule has 11 nitrogen and oxygen atoms in total. The Morgan fingerprint density at radius 3 is 2.24 bits per heavy atom. The number of benzene rings is 4. The van der Waals surface area contributed by atoms with Crippen molar-refractivity contribution in [2.75, 3.05) is 17.6 Å². The summed E-state index contributed by atoms with van der Waals surface area (Å²) in [6.07, 6.45) is 9.31. The minimum Gasteiger partial charge on any atom is -0.397 e. The minimum absolute atomic E-state index is 0.0118. The maximum absolute atomic E-state index is 13.9. The molecule has 7 rings (SSSR count). The lowest BCUT2D eigenvalue weighted by Crippen LogP contribution is -2.61. The molecule has 0 radical (unpaired) electrons. The maximum atomic E-state index is 13.9. The lowest BCUT2D eigenvalue weighted by atomic mass is 9.75. The number of hydrogen-bond donors (Lipinski definition) is 5. The number of hydrogen-bond acceptors (Lipinski definition) is 8. The van der Waals surface area contributed by atoms with Gasteiger partial charge in [0.1, 0.15) is 0 Å². The Labute approximate surface area is 373 Å². The number of nitrogens with two attached hydrogens (primary N) is 1. The molecule has 11 heteroatoms. The van der Waals surface area contributed by atoms with Crippen molar-refractivity contribution in [1.82, 2.24) is 15.5 Å². The van der Waals surface area contributed by atoms with E-state index in [1.807, 2.05) is 69.3 Å². The molecule has 1 aliphatic carbocycles. The van der Waals surface area contributed by atoms with Gasteiger partial charge in [0.15, 0.2) is 6.29 Å². The molecule has 3 fully saturated rings. The van der Waals surface area contributed by atoms with E-state index in [0.717, 1.165) is 59.1 Å². The molecule has 4 aromatic carbocycles. The first-order chi connectivity index (χ1) is 30.4. The SMILES string of the molecule is CC(C)(C)NC(=O)C1CCC2CCCCC2N1CC1CC(c2ccc(CO)cc2)OC(c2ccc(-c3cccc(CNC(=O)CCCCCC(=O)Nc4ccccc4N)c3)cc2)O1. The molecule has 3 aliphatic rings. The van der Waals surface area contributed by atoms with E-state index < -0.39 is 6.29 Å². The van der Waals surface area contributed by atoms with Crippen LogP contribution in [0.2, 0.25) is 0 Å². The molecule has 4 aromatic rings. The van der Waals surface area contributed by atoms with E-state index >= 15 is 0 Å². The summed E-state index contributed by atoms with van der Waals surface area (Å²) in [5.74, 6) is 0.614. The summed E-state index contributed by atoms with van der Waals surface area (Å²) >= 11 is 0. The van der Waals surface area contributed by atoms with Crippen LogP contribution in [0.4, 0.5) is 11.4 Å². The van der Waals surface area contributed by atoms with Crippen LogP contribution in [0.15, 0.2) is 97.1 Å². The third kappa shape index (κ3) is 12.8.